The zero-order valence-corrected chi connectivity index (χ0v) is 14.8. The molecular weight excluding hydrogens is 328 g/mol. The van der Waals surface area contributed by atoms with E-state index in [4.69, 9.17) is 0 Å². The van der Waals surface area contributed by atoms with Crippen LogP contribution in [0.2, 0.25) is 0 Å². The van der Waals surface area contributed by atoms with Crippen LogP contribution in [0, 0.1) is 5.92 Å². The maximum absolute atomic E-state index is 12.1. The molecule has 1 saturated heterocycles. The molecule has 140 valence electrons. The maximum atomic E-state index is 12.1. The third kappa shape index (κ3) is 6.49. The van der Waals surface area contributed by atoms with Crippen molar-refractivity contribution in [3.05, 3.63) is 29.8 Å². The molecule has 1 heterocycles. The minimum absolute atomic E-state index is 0.105. The fourth-order valence-electron chi connectivity index (χ4n) is 3.10. The summed E-state index contributed by atoms with van der Waals surface area (Å²) >= 11 is 0. The summed E-state index contributed by atoms with van der Waals surface area (Å²) in [6, 6.07) is 5.84. The average molecular weight is 355 g/mol. The van der Waals surface area contributed by atoms with Crippen LogP contribution in [-0.2, 0) is 0 Å². The van der Waals surface area contributed by atoms with Crippen LogP contribution in [0.25, 0.3) is 0 Å². The number of amides is 2. The molecule has 7 heteroatoms. The first-order valence-electron chi connectivity index (χ1n) is 8.79. The lowest BCUT2D eigenvalue weighted by Gasteiger charge is -2.18. The topological polar surface area (TPSA) is 53.6 Å². The second-order valence-corrected chi connectivity index (χ2v) is 6.48. The molecule has 1 aromatic rings. The van der Waals surface area contributed by atoms with Gasteiger partial charge in [-0.15, -0.1) is 0 Å². The van der Waals surface area contributed by atoms with Crippen molar-refractivity contribution in [1.29, 1.82) is 0 Å². The van der Waals surface area contributed by atoms with Crippen molar-refractivity contribution in [2.24, 2.45) is 5.92 Å². The standard InChI is InChI=1S/C18H27F2N3O2/c1-3-9-23-10-8-14(12-23)11-21-18(24)22-13(2)15-4-6-16(7-5-15)25-17(19)20/h4-7,13-14,17H,3,8-12H2,1-2H3,(H2,21,22,24). The second kappa shape index (κ2) is 9.56. The van der Waals surface area contributed by atoms with Crippen molar-refractivity contribution >= 4 is 6.03 Å². The fourth-order valence-corrected chi connectivity index (χ4v) is 3.10. The van der Waals surface area contributed by atoms with Gasteiger partial charge in [-0.2, -0.15) is 8.78 Å². The molecule has 0 saturated carbocycles. The van der Waals surface area contributed by atoms with E-state index in [2.05, 4.69) is 27.2 Å². The number of benzene rings is 1. The highest BCUT2D eigenvalue weighted by atomic mass is 19.3. The summed E-state index contributed by atoms with van der Waals surface area (Å²) in [4.78, 5) is 14.5. The Morgan fingerprint density at radius 2 is 2.08 bits per heavy atom. The van der Waals surface area contributed by atoms with Gasteiger partial charge in [0.15, 0.2) is 0 Å². The van der Waals surface area contributed by atoms with Crippen LogP contribution in [0.15, 0.2) is 24.3 Å². The molecule has 2 amide bonds. The predicted molar refractivity (Wildman–Crippen MR) is 92.9 cm³/mol. The molecule has 2 unspecified atom stereocenters. The summed E-state index contributed by atoms with van der Waals surface area (Å²) in [5.74, 6) is 0.603. The van der Waals surface area contributed by atoms with Crippen molar-refractivity contribution in [2.75, 3.05) is 26.2 Å². The SMILES string of the molecule is CCCN1CCC(CNC(=O)NC(C)c2ccc(OC(F)F)cc2)C1. The Morgan fingerprint density at radius 3 is 2.72 bits per heavy atom. The lowest BCUT2D eigenvalue weighted by Crippen LogP contribution is -2.40. The van der Waals surface area contributed by atoms with E-state index >= 15 is 0 Å². The summed E-state index contributed by atoms with van der Waals surface area (Å²) in [6.07, 6.45) is 2.26. The first-order chi connectivity index (χ1) is 12.0. The minimum Gasteiger partial charge on any atom is -0.435 e. The molecule has 0 aromatic heterocycles. The van der Waals surface area contributed by atoms with Crippen LogP contribution in [0.5, 0.6) is 5.75 Å². The van der Waals surface area contributed by atoms with Gasteiger partial charge in [0.1, 0.15) is 5.75 Å². The number of hydrogen-bond donors (Lipinski definition) is 2. The van der Waals surface area contributed by atoms with Crippen molar-refractivity contribution in [3.8, 4) is 5.75 Å². The molecule has 5 nitrogen and oxygen atoms in total. The number of urea groups is 1. The molecule has 0 radical (unpaired) electrons. The van der Waals surface area contributed by atoms with E-state index < -0.39 is 6.61 Å². The molecule has 0 spiro atoms. The highest BCUT2D eigenvalue weighted by Crippen LogP contribution is 2.19. The van der Waals surface area contributed by atoms with Crippen LogP contribution in [0.1, 0.15) is 38.3 Å². The van der Waals surface area contributed by atoms with Gasteiger partial charge < -0.3 is 20.3 Å². The molecule has 2 atom stereocenters. The Labute approximate surface area is 147 Å². The molecule has 2 rings (SSSR count). The summed E-state index contributed by atoms with van der Waals surface area (Å²) in [5.41, 5.74) is 0.826. The fraction of sp³-hybridized carbons (Fsp3) is 0.611. The van der Waals surface area contributed by atoms with E-state index in [0.717, 1.165) is 38.0 Å². The number of alkyl halides is 2. The number of rotatable bonds is 8. The second-order valence-electron chi connectivity index (χ2n) is 6.48. The van der Waals surface area contributed by atoms with Gasteiger partial charge in [-0.05, 0) is 56.5 Å². The Kier molecular flexibility index (Phi) is 7.43. The monoisotopic (exact) mass is 355 g/mol. The molecule has 1 aliphatic rings. The molecule has 1 aromatic carbocycles. The minimum atomic E-state index is -2.84. The lowest BCUT2D eigenvalue weighted by molar-refractivity contribution is -0.0498. The molecular formula is C18H27F2N3O2. The van der Waals surface area contributed by atoms with E-state index in [1.807, 2.05) is 6.92 Å². The number of ether oxygens (including phenoxy) is 1. The maximum Gasteiger partial charge on any atom is 0.387 e. The number of likely N-dealkylation sites (tertiary alicyclic amines) is 1. The zero-order valence-electron chi connectivity index (χ0n) is 14.8. The Hall–Kier alpha value is -1.89. The van der Waals surface area contributed by atoms with Gasteiger partial charge in [0, 0.05) is 13.1 Å². The first kappa shape index (κ1) is 19.4. The Morgan fingerprint density at radius 1 is 1.36 bits per heavy atom. The van der Waals surface area contributed by atoms with Crippen LogP contribution in [0.4, 0.5) is 13.6 Å². The highest BCUT2D eigenvalue weighted by Gasteiger charge is 2.22. The molecule has 25 heavy (non-hydrogen) atoms. The third-order valence-corrected chi connectivity index (χ3v) is 4.41. The molecule has 1 fully saturated rings. The number of nitrogens with one attached hydrogen (secondary N) is 2. The smallest absolute Gasteiger partial charge is 0.387 e. The van der Waals surface area contributed by atoms with Crippen molar-refractivity contribution in [1.82, 2.24) is 15.5 Å². The highest BCUT2D eigenvalue weighted by molar-refractivity contribution is 5.74. The molecule has 0 aliphatic carbocycles. The largest absolute Gasteiger partial charge is 0.435 e. The quantitative estimate of drug-likeness (QED) is 0.752. The number of hydrogen-bond acceptors (Lipinski definition) is 3. The van der Waals surface area contributed by atoms with Gasteiger partial charge in [-0.1, -0.05) is 19.1 Å². The van der Waals surface area contributed by atoms with Crippen LogP contribution < -0.4 is 15.4 Å². The number of carbonyl (C=O) groups excluding carboxylic acids is 1. The van der Waals surface area contributed by atoms with E-state index in [1.54, 1.807) is 12.1 Å². The average Bonchev–Trinajstić information content (AvgIpc) is 3.01. The van der Waals surface area contributed by atoms with Gasteiger partial charge in [0.2, 0.25) is 0 Å². The van der Waals surface area contributed by atoms with Crippen LogP contribution in [-0.4, -0.2) is 43.7 Å². The first-order valence-corrected chi connectivity index (χ1v) is 8.79. The van der Waals surface area contributed by atoms with E-state index in [9.17, 15) is 13.6 Å². The molecule has 0 bridgehead atoms. The molecule has 1 aliphatic heterocycles. The predicted octanol–water partition coefficient (Wildman–Crippen LogP) is 3.38. The zero-order chi connectivity index (χ0) is 18.2. The van der Waals surface area contributed by atoms with Crippen molar-refractivity contribution in [3.63, 3.8) is 0 Å². The van der Waals surface area contributed by atoms with Crippen molar-refractivity contribution < 1.29 is 18.3 Å². The summed E-state index contributed by atoms with van der Waals surface area (Å²) in [5, 5.41) is 5.79. The van der Waals surface area contributed by atoms with Gasteiger partial charge in [0.05, 0.1) is 6.04 Å². The summed E-state index contributed by atoms with van der Waals surface area (Å²) < 4.78 is 28.6. The van der Waals surface area contributed by atoms with Crippen molar-refractivity contribution in [2.45, 2.75) is 39.3 Å². The number of halogens is 2. The van der Waals surface area contributed by atoms with Gasteiger partial charge >= 0.3 is 12.6 Å². The van der Waals surface area contributed by atoms with Crippen LogP contribution in [0.3, 0.4) is 0 Å². The number of nitrogens with zero attached hydrogens (tertiary/aromatic N) is 1. The summed E-state index contributed by atoms with van der Waals surface area (Å²) in [7, 11) is 0. The van der Waals surface area contributed by atoms with E-state index in [-0.39, 0.29) is 17.8 Å². The number of carbonyl (C=O) groups is 1. The van der Waals surface area contributed by atoms with Gasteiger partial charge in [0.25, 0.3) is 0 Å². The third-order valence-electron chi connectivity index (χ3n) is 4.41. The van der Waals surface area contributed by atoms with E-state index in [0.29, 0.717) is 12.5 Å². The Balaban J connectivity index is 1.72. The summed E-state index contributed by atoms with van der Waals surface area (Å²) in [6.45, 7) is 5.11. The van der Waals surface area contributed by atoms with Gasteiger partial charge in [-0.25, -0.2) is 4.79 Å². The van der Waals surface area contributed by atoms with E-state index in [1.165, 1.54) is 12.1 Å². The normalized spacial score (nSPS) is 19.0. The van der Waals surface area contributed by atoms with Crippen LogP contribution >= 0.6 is 0 Å². The Bertz CT molecular complexity index is 540. The molecule has 2 N–H and O–H groups in total. The van der Waals surface area contributed by atoms with Gasteiger partial charge in [-0.3, -0.25) is 0 Å². The lowest BCUT2D eigenvalue weighted by atomic mass is 10.1.